The van der Waals surface area contributed by atoms with Crippen LogP contribution in [0.15, 0.2) is 12.1 Å². The summed E-state index contributed by atoms with van der Waals surface area (Å²) < 4.78 is 0. The molecule has 0 amide bonds. The molecule has 0 fully saturated rings. The van der Waals surface area contributed by atoms with Gasteiger partial charge in [0, 0.05) is 5.56 Å². The van der Waals surface area contributed by atoms with Gasteiger partial charge in [-0.2, -0.15) is 5.26 Å². The Hall–Kier alpha value is -2.42. The van der Waals surface area contributed by atoms with Crippen molar-refractivity contribution in [3.8, 4) is 6.07 Å². The summed E-state index contributed by atoms with van der Waals surface area (Å²) in [5.74, 6) is -0.408. The Kier molecular flexibility index (Phi) is 2.67. The molecule has 0 aliphatic heterocycles. The molecule has 15 heavy (non-hydrogen) atoms. The number of Topliss-reactive ketones (excluding diaryl/α,β-unsaturated/α-hetero) is 1. The van der Waals surface area contributed by atoms with E-state index >= 15 is 0 Å². The molecule has 2 N–H and O–H groups in total. The first-order valence-electron chi connectivity index (χ1n) is 3.97. The van der Waals surface area contributed by atoms with Gasteiger partial charge < -0.3 is 5.73 Å². The molecular weight excluding hydrogens is 198 g/mol. The molecule has 0 aromatic heterocycles. The van der Waals surface area contributed by atoms with E-state index in [4.69, 9.17) is 11.0 Å². The minimum Gasteiger partial charge on any atom is -0.393 e. The molecular formula is C9H7N3O3. The van der Waals surface area contributed by atoms with Crippen molar-refractivity contribution in [3.05, 3.63) is 33.4 Å². The van der Waals surface area contributed by atoms with Crippen LogP contribution in [-0.2, 0) is 0 Å². The highest BCUT2D eigenvalue weighted by molar-refractivity contribution is 5.98. The van der Waals surface area contributed by atoms with Gasteiger partial charge in [-0.15, -0.1) is 0 Å². The monoisotopic (exact) mass is 205 g/mol. The fourth-order valence-corrected chi connectivity index (χ4v) is 1.21. The number of nitrogen functional groups attached to an aromatic ring is 1. The maximum Gasteiger partial charge on any atom is 0.310 e. The van der Waals surface area contributed by atoms with E-state index < -0.39 is 16.4 Å². The first-order chi connectivity index (χ1) is 6.99. The highest BCUT2D eigenvalue weighted by atomic mass is 16.6. The molecule has 0 radical (unpaired) electrons. The molecule has 1 rings (SSSR count). The molecule has 0 aliphatic rings. The van der Waals surface area contributed by atoms with E-state index in [1.807, 2.05) is 0 Å². The van der Waals surface area contributed by atoms with Crippen molar-refractivity contribution < 1.29 is 9.72 Å². The van der Waals surface area contributed by atoms with Gasteiger partial charge in [-0.3, -0.25) is 14.9 Å². The van der Waals surface area contributed by atoms with E-state index in [1.54, 1.807) is 6.07 Å². The maximum absolute atomic E-state index is 11.1. The van der Waals surface area contributed by atoms with Crippen molar-refractivity contribution in [3.63, 3.8) is 0 Å². The van der Waals surface area contributed by atoms with Crippen LogP contribution in [0.3, 0.4) is 0 Å². The van der Waals surface area contributed by atoms with Gasteiger partial charge in [0.2, 0.25) is 0 Å². The van der Waals surface area contributed by atoms with Crippen molar-refractivity contribution in [1.82, 2.24) is 0 Å². The van der Waals surface area contributed by atoms with Crippen molar-refractivity contribution in [2.24, 2.45) is 0 Å². The van der Waals surface area contributed by atoms with Gasteiger partial charge in [-0.25, -0.2) is 0 Å². The second-order valence-corrected chi connectivity index (χ2v) is 2.85. The number of hydrogen-bond donors (Lipinski definition) is 1. The fourth-order valence-electron chi connectivity index (χ4n) is 1.21. The third-order valence-electron chi connectivity index (χ3n) is 1.88. The van der Waals surface area contributed by atoms with Crippen molar-refractivity contribution in [2.75, 3.05) is 5.73 Å². The van der Waals surface area contributed by atoms with Crippen LogP contribution in [0.5, 0.6) is 0 Å². The standard InChI is InChI=1S/C9H7N3O3/c1-5(13)6-2-3-8(11)9(12(14)15)7(6)4-10/h2-3H,11H2,1H3. The van der Waals surface area contributed by atoms with Gasteiger partial charge in [-0.1, -0.05) is 0 Å². The largest absolute Gasteiger partial charge is 0.393 e. The number of benzene rings is 1. The lowest BCUT2D eigenvalue weighted by Crippen LogP contribution is -2.04. The maximum atomic E-state index is 11.1. The SMILES string of the molecule is CC(=O)c1ccc(N)c([N+](=O)[O-])c1C#N. The number of anilines is 1. The van der Waals surface area contributed by atoms with Crippen molar-refractivity contribution >= 4 is 17.2 Å². The number of ketones is 1. The molecule has 0 heterocycles. The third kappa shape index (κ3) is 1.76. The topological polar surface area (TPSA) is 110 Å². The second-order valence-electron chi connectivity index (χ2n) is 2.85. The Morgan fingerprint density at radius 3 is 2.60 bits per heavy atom. The first-order valence-corrected chi connectivity index (χ1v) is 3.97. The average Bonchev–Trinajstić information content (AvgIpc) is 2.15. The Bertz CT molecular complexity index is 488. The minimum absolute atomic E-state index is 0.0124. The van der Waals surface area contributed by atoms with Crippen molar-refractivity contribution in [2.45, 2.75) is 6.92 Å². The normalized spacial score (nSPS) is 9.33. The number of carbonyl (C=O) groups excluding carboxylic acids is 1. The molecule has 0 saturated carbocycles. The van der Waals surface area contributed by atoms with Gasteiger partial charge in [-0.05, 0) is 19.1 Å². The zero-order valence-corrected chi connectivity index (χ0v) is 7.85. The Labute approximate surface area is 85.1 Å². The number of nitrogens with two attached hydrogens (primary N) is 1. The highest BCUT2D eigenvalue weighted by Gasteiger charge is 2.23. The molecule has 0 bridgehead atoms. The van der Waals surface area contributed by atoms with Gasteiger partial charge in [0.25, 0.3) is 0 Å². The van der Waals surface area contributed by atoms with Crippen LogP contribution in [0.25, 0.3) is 0 Å². The lowest BCUT2D eigenvalue weighted by molar-refractivity contribution is -0.384. The number of nitro groups is 1. The number of nitrogens with zero attached hydrogens (tertiary/aromatic N) is 2. The van der Waals surface area contributed by atoms with E-state index in [2.05, 4.69) is 0 Å². The van der Waals surface area contributed by atoms with Crippen molar-refractivity contribution in [1.29, 1.82) is 5.26 Å². The number of rotatable bonds is 2. The summed E-state index contributed by atoms with van der Waals surface area (Å²) in [6.07, 6.45) is 0. The number of nitriles is 1. The number of hydrogen-bond acceptors (Lipinski definition) is 5. The van der Waals surface area contributed by atoms with E-state index in [1.165, 1.54) is 19.1 Å². The van der Waals surface area contributed by atoms with Gasteiger partial charge in [0.05, 0.1) is 4.92 Å². The summed E-state index contributed by atoms with van der Waals surface area (Å²) in [6.45, 7) is 1.23. The molecule has 0 spiro atoms. The molecule has 1 aromatic rings. The summed E-state index contributed by atoms with van der Waals surface area (Å²) >= 11 is 0. The van der Waals surface area contributed by atoms with Gasteiger partial charge in [0.15, 0.2) is 5.78 Å². The Morgan fingerprint density at radius 2 is 2.20 bits per heavy atom. The average molecular weight is 205 g/mol. The summed E-state index contributed by atoms with van der Waals surface area (Å²) in [5, 5.41) is 19.4. The predicted molar refractivity (Wildman–Crippen MR) is 52.2 cm³/mol. The van der Waals surface area contributed by atoms with Crippen LogP contribution in [0, 0.1) is 21.4 Å². The lowest BCUT2D eigenvalue weighted by atomic mass is 10.0. The molecule has 0 atom stereocenters. The fraction of sp³-hybridized carbons (Fsp3) is 0.111. The second kappa shape index (κ2) is 3.75. The molecule has 0 saturated heterocycles. The Morgan fingerprint density at radius 1 is 1.60 bits per heavy atom. The zero-order valence-electron chi connectivity index (χ0n) is 7.85. The molecule has 76 valence electrons. The van der Waals surface area contributed by atoms with E-state index in [9.17, 15) is 14.9 Å². The van der Waals surface area contributed by atoms with Crippen LogP contribution in [0.2, 0.25) is 0 Å². The van der Waals surface area contributed by atoms with E-state index in [0.717, 1.165) is 0 Å². The first kappa shape index (κ1) is 10.7. The van der Waals surface area contributed by atoms with Crippen LogP contribution >= 0.6 is 0 Å². The highest BCUT2D eigenvalue weighted by Crippen LogP contribution is 2.28. The minimum atomic E-state index is -0.764. The quantitative estimate of drug-likeness (QED) is 0.338. The molecule has 6 heteroatoms. The summed E-state index contributed by atoms with van der Waals surface area (Å²) in [4.78, 5) is 21.0. The summed E-state index contributed by atoms with van der Waals surface area (Å²) in [6, 6.07) is 4.18. The molecule has 0 aliphatic carbocycles. The van der Waals surface area contributed by atoms with E-state index in [-0.39, 0.29) is 16.8 Å². The van der Waals surface area contributed by atoms with Gasteiger partial charge >= 0.3 is 5.69 Å². The summed E-state index contributed by atoms with van der Waals surface area (Å²) in [7, 11) is 0. The van der Waals surface area contributed by atoms with Crippen LogP contribution in [0.4, 0.5) is 11.4 Å². The lowest BCUT2D eigenvalue weighted by Gasteiger charge is -2.02. The summed E-state index contributed by atoms with van der Waals surface area (Å²) in [5.41, 5.74) is 4.46. The van der Waals surface area contributed by atoms with Gasteiger partial charge in [0.1, 0.15) is 17.3 Å². The Balaban J connectivity index is 3.64. The van der Waals surface area contributed by atoms with Crippen LogP contribution < -0.4 is 5.73 Å². The molecule has 6 nitrogen and oxygen atoms in total. The number of nitro benzene ring substituents is 1. The third-order valence-corrected chi connectivity index (χ3v) is 1.88. The van der Waals surface area contributed by atoms with Crippen LogP contribution in [0.1, 0.15) is 22.8 Å². The number of carbonyl (C=O) groups is 1. The zero-order chi connectivity index (χ0) is 11.6. The van der Waals surface area contributed by atoms with E-state index in [0.29, 0.717) is 0 Å². The molecule has 0 unspecified atom stereocenters. The smallest absolute Gasteiger partial charge is 0.310 e. The molecule has 1 aromatic carbocycles. The predicted octanol–water partition coefficient (Wildman–Crippen LogP) is 1.25. The van der Waals surface area contributed by atoms with Crippen LogP contribution in [-0.4, -0.2) is 10.7 Å².